The van der Waals surface area contributed by atoms with E-state index < -0.39 is 0 Å². The van der Waals surface area contributed by atoms with E-state index in [-0.39, 0.29) is 11.6 Å². The van der Waals surface area contributed by atoms with E-state index in [1.807, 2.05) is 50.2 Å². The van der Waals surface area contributed by atoms with Gasteiger partial charge in [0.2, 0.25) is 5.95 Å². The second-order valence-electron chi connectivity index (χ2n) is 6.25. The Morgan fingerprint density at radius 2 is 1.74 bits per heavy atom. The zero-order valence-electron chi connectivity index (χ0n) is 15.3. The molecule has 1 amide bonds. The van der Waals surface area contributed by atoms with E-state index in [2.05, 4.69) is 20.6 Å². The zero-order valence-corrected chi connectivity index (χ0v) is 16.1. The molecular formula is C20H20ClN5O. The Hall–Kier alpha value is -3.12. The van der Waals surface area contributed by atoms with Crippen molar-refractivity contribution in [2.75, 3.05) is 29.6 Å². The molecule has 3 rings (SSSR count). The summed E-state index contributed by atoms with van der Waals surface area (Å²) in [5.74, 6) is 0.0395. The highest BCUT2D eigenvalue weighted by Gasteiger charge is 2.11. The molecule has 2 N–H and O–H groups in total. The first kappa shape index (κ1) is 18.7. The van der Waals surface area contributed by atoms with E-state index in [1.165, 1.54) is 0 Å². The van der Waals surface area contributed by atoms with Gasteiger partial charge in [-0.2, -0.15) is 0 Å². The van der Waals surface area contributed by atoms with Gasteiger partial charge in [0.25, 0.3) is 5.91 Å². The van der Waals surface area contributed by atoms with Gasteiger partial charge in [-0.15, -0.1) is 0 Å². The zero-order chi connectivity index (χ0) is 19.4. The molecule has 0 radical (unpaired) electrons. The maximum absolute atomic E-state index is 12.5. The third-order valence-corrected chi connectivity index (χ3v) is 4.04. The Balaban J connectivity index is 1.78. The van der Waals surface area contributed by atoms with Crippen LogP contribution in [0.4, 0.5) is 23.0 Å². The normalized spacial score (nSPS) is 10.4. The van der Waals surface area contributed by atoms with Crippen molar-refractivity contribution in [1.29, 1.82) is 0 Å². The summed E-state index contributed by atoms with van der Waals surface area (Å²) in [5.41, 5.74) is 3.50. The second-order valence-corrected chi connectivity index (χ2v) is 6.69. The van der Waals surface area contributed by atoms with Gasteiger partial charge in [-0.05, 0) is 55.5 Å². The lowest BCUT2D eigenvalue weighted by atomic mass is 10.2. The number of aromatic nitrogens is 2. The van der Waals surface area contributed by atoms with Crippen molar-refractivity contribution in [2.45, 2.75) is 6.92 Å². The largest absolute Gasteiger partial charge is 0.378 e. The van der Waals surface area contributed by atoms with Crippen LogP contribution in [0.2, 0.25) is 5.02 Å². The van der Waals surface area contributed by atoms with Crippen LogP contribution in [-0.2, 0) is 0 Å². The Morgan fingerprint density at radius 3 is 2.41 bits per heavy atom. The van der Waals surface area contributed by atoms with Gasteiger partial charge in [0, 0.05) is 41.9 Å². The van der Waals surface area contributed by atoms with Crippen LogP contribution in [0.25, 0.3) is 0 Å². The Labute approximate surface area is 163 Å². The van der Waals surface area contributed by atoms with Crippen LogP contribution in [0.5, 0.6) is 0 Å². The van der Waals surface area contributed by atoms with Crippen LogP contribution in [0.3, 0.4) is 0 Å². The minimum atomic E-state index is -0.325. The fourth-order valence-corrected chi connectivity index (χ4v) is 2.66. The van der Waals surface area contributed by atoms with Crippen LogP contribution in [0.15, 0.2) is 54.6 Å². The number of benzene rings is 2. The maximum Gasteiger partial charge on any atom is 0.274 e. The van der Waals surface area contributed by atoms with Crippen LogP contribution < -0.4 is 15.5 Å². The highest BCUT2D eigenvalue weighted by Crippen LogP contribution is 2.19. The van der Waals surface area contributed by atoms with E-state index in [0.29, 0.717) is 22.4 Å². The molecule has 0 spiro atoms. The second kappa shape index (κ2) is 8.05. The molecule has 1 aromatic heterocycles. The number of carbonyl (C=O) groups is 1. The number of nitrogens with zero attached hydrogens (tertiary/aromatic N) is 3. The molecule has 0 aliphatic rings. The topological polar surface area (TPSA) is 70.2 Å². The molecule has 27 heavy (non-hydrogen) atoms. The highest BCUT2D eigenvalue weighted by molar-refractivity contribution is 6.30. The van der Waals surface area contributed by atoms with E-state index in [4.69, 9.17) is 11.6 Å². The van der Waals surface area contributed by atoms with Gasteiger partial charge in [0.05, 0.1) is 0 Å². The van der Waals surface area contributed by atoms with E-state index in [9.17, 15) is 4.79 Å². The molecule has 7 heteroatoms. The van der Waals surface area contributed by atoms with Gasteiger partial charge in [0.15, 0.2) is 0 Å². The lowest BCUT2D eigenvalue weighted by molar-refractivity contribution is 0.102. The monoisotopic (exact) mass is 381 g/mol. The van der Waals surface area contributed by atoms with Crippen LogP contribution in [-0.4, -0.2) is 30.0 Å². The fourth-order valence-electron chi connectivity index (χ4n) is 2.47. The number of halogens is 1. The number of nitrogens with one attached hydrogen (secondary N) is 2. The molecule has 0 atom stereocenters. The Morgan fingerprint density at radius 1 is 1.00 bits per heavy atom. The number of amides is 1. The maximum atomic E-state index is 12.5. The Kier molecular flexibility index (Phi) is 5.57. The summed E-state index contributed by atoms with van der Waals surface area (Å²) in [4.78, 5) is 23.2. The van der Waals surface area contributed by atoms with E-state index in [1.54, 1.807) is 30.3 Å². The third kappa shape index (κ3) is 4.95. The fraction of sp³-hybridized carbons (Fsp3) is 0.150. The van der Waals surface area contributed by atoms with Gasteiger partial charge in [-0.25, -0.2) is 9.97 Å². The molecule has 138 valence electrons. The van der Waals surface area contributed by atoms with Gasteiger partial charge in [-0.1, -0.05) is 17.7 Å². The van der Waals surface area contributed by atoms with E-state index >= 15 is 0 Å². The van der Waals surface area contributed by atoms with Crippen molar-refractivity contribution in [1.82, 2.24) is 9.97 Å². The van der Waals surface area contributed by atoms with E-state index in [0.717, 1.165) is 11.4 Å². The average molecular weight is 382 g/mol. The van der Waals surface area contributed by atoms with Crippen molar-refractivity contribution < 1.29 is 4.79 Å². The van der Waals surface area contributed by atoms with Crippen molar-refractivity contribution in [3.8, 4) is 0 Å². The summed E-state index contributed by atoms with van der Waals surface area (Å²) in [7, 11) is 3.97. The molecule has 0 bridgehead atoms. The first-order valence-electron chi connectivity index (χ1n) is 8.38. The molecule has 0 saturated heterocycles. The first-order valence-corrected chi connectivity index (χ1v) is 8.75. The van der Waals surface area contributed by atoms with Crippen molar-refractivity contribution in [2.24, 2.45) is 0 Å². The van der Waals surface area contributed by atoms with Crippen LogP contribution in [0.1, 0.15) is 16.2 Å². The van der Waals surface area contributed by atoms with Crippen molar-refractivity contribution in [3.05, 3.63) is 71.0 Å². The molecule has 0 saturated carbocycles. The highest BCUT2D eigenvalue weighted by atomic mass is 35.5. The molecular weight excluding hydrogens is 362 g/mol. The minimum Gasteiger partial charge on any atom is -0.378 e. The smallest absolute Gasteiger partial charge is 0.274 e. The average Bonchev–Trinajstić information content (AvgIpc) is 2.61. The van der Waals surface area contributed by atoms with Gasteiger partial charge in [-0.3, -0.25) is 4.79 Å². The third-order valence-electron chi connectivity index (χ3n) is 3.81. The quantitative estimate of drug-likeness (QED) is 0.680. The molecule has 3 aromatic rings. The van der Waals surface area contributed by atoms with Gasteiger partial charge in [0.1, 0.15) is 5.69 Å². The molecule has 0 unspecified atom stereocenters. The number of hydrogen-bond donors (Lipinski definition) is 2. The van der Waals surface area contributed by atoms with Gasteiger partial charge < -0.3 is 15.5 Å². The lowest BCUT2D eigenvalue weighted by Crippen LogP contribution is -2.15. The summed E-state index contributed by atoms with van der Waals surface area (Å²) in [6, 6.07) is 16.5. The van der Waals surface area contributed by atoms with Crippen LogP contribution >= 0.6 is 11.6 Å². The minimum absolute atomic E-state index is 0.273. The van der Waals surface area contributed by atoms with Crippen molar-refractivity contribution in [3.63, 3.8) is 0 Å². The summed E-state index contributed by atoms with van der Waals surface area (Å²) in [6.45, 7) is 1.82. The first-order chi connectivity index (χ1) is 12.9. The lowest BCUT2D eigenvalue weighted by Gasteiger charge is -2.13. The molecule has 2 aromatic carbocycles. The number of anilines is 4. The summed E-state index contributed by atoms with van der Waals surface area (Å²) < 4.78 is 0. The predicted octanol–water partition coefficient (Wildman–Crippen LogP) is 4.50. The summed E-state index contributed by atoms with van der Waals surface area (Å²) in [6.07, 6.45) is 0. The molecule has 1 heterocycles. The summed E-state index contributed by atoms with van der Waals surface area (Å²) >= 11 is 5.96. The van der Waals surface area contributed by atoms with Gasteiger partial charge >= 0.3 is 0 Å². The standard InChI is InChI=1S/C20H20ClN5O/c1-13-11-18(19(27)23-16-6-4-5-14(21)12-16)25-20(22-13)24-15-7-9-17(10-8-15)26(2)3/h4-12H,1-3H3,(H,23,27)(H,22,24,25). The predicted molar refractivity (Wildman–Crippen MR) is 110 cm³/mol. The SMILES string of the molecule is Cc1cc(C(=O)Nc2cccc(Cl)c2)nc(Nc2ccc(N(C)C)cc2)n1. The number of hydrogen-bond acceptors (Lipinski definition) is 5. The Bertz CT molecular complexity index is 957. The number of aryl methyl sites for hydroxylation is 1. The molecule has 6 nitrogen and oxygen atoms in total. The summed E-state index contributed by atoms with van der Waals surface area (Å²) in [5, 5.41) is 6.48. The molecule has 0 aliphatic carbocycles. The number of carbonyl (C=O) groups excluding carboxylic acids is 1. The van der Waals surface area contributed by atoms with Crippen LogP contribution in [0, 0.1) is 6.92 Å². The molecule has 0 aliphatic heterocycles. The number of rotatable bonds is 5. The molecule has 0 fully saturated rings. The van der Waals surface area contributed by atoms with Crippen molar-refractivity contribution >= 4 is 40.5 Å².